The molecule has 6 aromatic carbocycles. The predicted molar refractivity (Wildman–Crippen MR) is 245 cm³/mol. The van der Waals surface area contributed by atoms with Crippen molar-refractivity contribution in [3.63, 3.8) is 0 Å². The highest BCUT2D eigenvalue weighted by Gasteiger charge is 2.17. The summed E-state index contributed by atoms with van der Waals surface area (Å²) in [6, 6.07) is 50.9. The third kappa shape index (κ3) is 9.83. The molecule has 0 saturated carbocycles. The maximum absolute atomic E-state index is 2.44. The summed E-state index contributed by atoms with van der Waals surface area (Å²) < 4.78 is 0. The number of aryl methyl sites for hydroxylation is 6. The molecule has 0 aliphatic rings. The molecule has 6 rings (SSSR count). The monoisotopic (exact) mass is 741 g/mol. The first-order valence-electron chi connectivity index (χ1n) is 21.7. The van der Waals surface area contributed by atoms with Crippen LogP contribution < -0.4 is 9.80 Å². The number of nitrogens with zero attached hydrogens (tertiary/aromatic N) is 2. The van der Waals surface area contributed by atoms with E-state index in [1.54, 1.807) is 0 Å². The highest BCUT2D eigenvalue weighted by Crippen LogP contribution is 2.39. The van der Waals surface area contributed by atoms with Gasteiger partial charge in [-0.1, -0.05) is 141 Å². The lowest BCUT2D eigenvalue weighted by atomic mass is 9.97. The largest absolute Gasteiger partial charge is 0.310 e. The molecule has 0 aromatic heterocycles. The molecule has 0 aliphatic carbocycles. The van der Waals surface area contributed by atoms with Gasteiger partial charge in [-0.25, -0.2) is 0 Å². The van der Waals surface area contributed by atoms with Gasteiger partial charge >= 0.3 is 0 Å². The highest BCUT2D eigenvalue weighted by atomic mass is 15.1. The van der Waals surface area contributed by atoms with Crippen LogP contribution in [0.2, 0.25) is 0 Å². The van der Waals surface area contributed by atoms with Gasteiger partial charge in [0.15, 0.2) is 0 Å². The minimum absolute atomic E-state index is 1.10. The van der Waals surface area contributed by atoms with E-state index >= 15 is 0 Å². The van der Waals surface area contributed by atoms with E-state index in [2.05, 4.69) is 185 Å². The fraction of sp³-hybridized carbons (Fsp3) is 0.333. The molecule has 290 valence electrons. The van der Waals surface area contributed by atoms with Gasteiger partial charge in [0.1, 0.15) is 0 Å². The van der Waals surface area contributed by atoms with E-state index in [-0.39, 0.29) is 0 Å². The molecule has 56 heavy (non-hydrogen) atoms. The average Bonchev–Trinajstić information content (AvgIpc) is 3.22. The fourth-order valence-corrected chi connectivity index (χ4v) is 8.23. The summed E-state index contributed by atoms with van der Waals surface area (Å²) in [6.45, 7) is 13.6. The summed E-state index contributed by atoms with van der Waals surface area (Å²) in [6.07, 6.45) is 13.6. The SMILES string of the molecule is CCCc1ccc(N(c2ccc(-c3ccc(N(c4ccc(CCC)cc4)c4ccc(CCC)c(CCC)c4)cc3)cc2)c2ccc(CCC)c(CCC)c2)cc1. The minimum atomic E-state index is 1.10. The fourth-order valence-electron chi connectivity index (χ4n) is 8.23. The Bertz CT molecular complexity index is 1940. The van der Waals surface area contributed by atoms with Gasteiger partial charge in [-0.2, -0.15) is 0 Å². The molecule has 0 unspecified atom stereocenters. The molecule has 2 heteroatoms. The molecule has 0 fully saturated rings. The Labute approximate surface area is 339 Å². The van der Waals surface area contributed by atoms with Crippen LogP contribution in [0.3, 0.4) is 0 Å². The summed E-state index contributed by atoms with van der Waals surface area (Å²) in [7, 11) is 0. The van der Waals surface area contributed by atoms with Gasteiger partial charge in [0.25, 0.3) is 0 Å². The van der Waals surface area contributed by atoms with Crippen molar-refractivity contribution < 1.29 is 0 Å². The van der Waals surface area contributed by atoms with Crippen molar-refractivity contribution in [2.75, 3.05) is 9.80 Å². The molecule has 2 nitrogen and oxygen atoms in total. The van der Waals surface area contributed by atoms with Crippen molar-refractivity contribution in [2.24, 2.45) is 0 Å². The molecule has 0 spiro atoms. The van der Waals surface area contributed by atoms with Crippen molar-refractivity contribution >= 4 is 34.1 Å². The third-order valence-electron chi connectivity index (χ3n) is 11.0. The van der Waals surface area contributed by atoms with Crippen molar-refractivity contribution in [2.45, 2.75) is 119 Å². The molecule has 0 radical (unpaired) electrons. The maximum Gasteiger partial charge on any atom is 0.0464 e. The molecule has 0 saturated heterocycles. The second-order valence-electron chi connectivity index (χ2n) is 15.5. The maximum atomic E-state index is 2.44. The van der Waals surface area contributed by atoms with Gasteiger partial charge in [0, 0.05) is 34.1 Å². The van der Waals surface area contributed by atoms with Crippen LogP contribution in [0.1, 0.15) is 113 Å². The smallest absolute Gasteiger partial charge is 0.0464 e. The van der Waals surface area contributed by atoms with Crippen LogP contribution in [0.15, 0.2) is 133 Å². The van der Waals surface area contributed by atoms with E-state index in [4.69, 9.17) is 0 Å². The van der Waals surface area contributed by atoms with Crippen LogP contribution in [0, 0.1) is 0 Å². The Kier molecular flexibility index (Phi) is 14.6. The normalized spacial score (nSPS) is 11.2. The van der Waals surface area contributed by atoms with Gasteiger partial charge < -0.3 is 9.80 Å². The van der Waals surface area contributed by atoms with E-state index in [0.29, 0.717) is 0 Å². The highest BCUT2D eigenvalue weighted by molar-refractivity contribution is 5.81. The Morgan fingerprint density at radius 2 is 0.536 bits per heavy atom. The first-order chi connectivity index (χ1) is 27.5. The van der Waals surface area contributed by atoms with E-state index in [0.717, 1.165) is 77.0 Å². The summed E-state index contributed by atoms with van der Waals surface area (Å²) in [5.74, 6) is 0. The second-order valence-corrected chi connectivity index (χ2v) is 15.5. The predicted octanol–water partition coefficient (Wildman–Crippen LogP) is 16.0. The molecule has 0 aliphatic heterocycles. The summed E-state index contributed by atoms with van der Waals surface area (Å²) in [5, 5.41) is 0. The van der Waals surface area contributed by atoms with Crippen LogP contribution in [0.4, 0.5) is 34.1 Å². The van der Waals surface area contributed by atoms with Crippen LogP contribution in [-0.4, -0.2) is 0 Å². The molecule has 0 atom stereocenters. The lowest BCUT2D eigenvalue weighted by Crippen LogP contribution is -2.11. The standard InChI is InChI=1S/C54H64N2/c1-7-13-41-19-29-49(30-20-41)55(53-37-27-43(15-9-3)47(39-53)17-11-5)51-33-23-45(24-34-51)46-25-35-52(36-26-46)56(50-31-21-42(14-8-2)22-32-50)54-38-28-44(16-10-4)48(40-54)18-12-6/h19-40H,7-18H2,1-6H3. The molecular weight excluding hydrogens is 677 g/mol. The van der Waals surface area contributed by atoms with E-state index in [9.17, 15) is 0 Å². The van der Waals surface area contributed by atoms with Crippen LogP contribution >= 0.6 is 0 Å². The molecule has 6 aromatic rings. The number of benzene rings is 6. The zero-order valence-electron chi connectivity index (χ0n) is 35.1. The number of hydrogen-bond donors (Lipinski definition) is 0. The zero-order valence-corrected chi connectivity index (χ0v) is 35.1. The Morgan fingerprint density at radius 3 is 0.839 bits per heavy atom. The quantitative estimate of drug-likeness (QED) is 0.0816. The molecule has 0 bridgehead atoms. The van der Waals surface area contributed by atoms with Crippen molar-refractivity contribution in [1.29, 1.82) is 0 Å². The minimum Gasteiger partial charge on any atom is -0.310 e. The van der Waals surface area contributed by atoms with Gasteiger partial charge in [-0.3, -0.25) is 0 Å². The van der Waals surface area contributed by atoms with Crippen LogP contribution in [0.5, 0.6) is 0 Å². The molecule has 0 heterocycles. The molecule has 0 N–H and O–H groups in total. The van der Waals surface area contributed by atoms with Crippen molar-refractivity contribution in [3.05, 3.63) is 167 Å². The van der Waals surface area contributed by atoms with Crippen molar-refractivity contribution in [3.8, 4) is 11.1 Å². The topological polar surface area (TPSA) is 6.48 Å². The van der Waals surface area contributed by atoms with Gasteiger partial charge in [-0.05, 0) is 156 Å². The van der Waals surface area contributed by atoms with Crippen molar-refractivity contribution in [1.82, 2.24) is 0 Å². The Balaban J connectivity index is 1.34. The second kappa shape index (κ2) is 20.2. The van der Waals surface area contributed by atoms with Crippen LogP contribution in [-0.2, 0) is 38.5 Å². The van der Waals surface area contributed by atoms with Crippen LogP contribution in [0.25, 0.3) is 11.1 Å². The first kappa shape index (κ1) is 40.6. The average molecular weight is 741 g/mol. The number of anilines is 6. The van der Waals surface area contributed by atoms with Gasteiger partial charge in [0.2, 0.25) is 0 Å². The third-order valence-corrected chi connectivity index (χ3v) is 11.0. The van der Waals surface area contributed by atoms with E-state index in [1.165, 1.54) is 78.6 Å². The number of rotatable bonds is 19. The lowest BCUT2D eigenvalue weighted by Gasteiger charge is -2.27. The molecular formula is C54H64N2. The zero-order chi connectivity index (χ0) is 39.3. The first-order valence-corrected chi connectivity index (χ1v) is 21.7. The van der Waals surface area contributed by atoms with Gasteiger partial charge in [0.05, 0.1) is 0 Å². The Morgan fingerprint density at radius 1 is 0.268 bits per heavy atom. The summed E-state index contributed by atoms with van der Waals surface area (Å²) in [4.78, 5) is 4.86. The number of hydrogen-bond acceptors (Lipinski definition) is 2. The molecule has 0 amide bonds. The Hall–Kier alpha value is -5.08. The summed E-state index contributed by atoms with van der Waals surface area (Å²) >= 11 is 0. The van der Waals surface area contributed by atoms with E-state index in [1.807, 2.05) is 0 Å². The lowest BCUT2D eigenvalue weighted by molar-refractivity contribution is 0.861. The van der Waals surface area contributed by atoms with E-state index < -0.39 is 0 Å². The summed E-state index contributed by atoms with van der Waals surface area (Å²) in [5.41, 5.74) is 18.3. The van der Waals surface area contributed by atoms with Gasteiger partial charge in [-0.15, -0.1) is 0 Å².